The molecule has 2 aliphatic heterocycles. The van der Waals surface area contributed by atoms with Crippen molar-refractivity contribution in [2.24, 2.45) is 5.92 Å². The molecule has 0 aromatic heterocycles. The fourth-order valence-corrected chi connectivity index (χ4v) is 2.83. The molecule has 4 nitrogen and oxygen atoms in total. The number of morpholine rings is 1. The molecule has 2 saturated heterocycles. The standard InChI is InChI=1S/C12H20N2O2/c15-12-8-16-11(7-14(12)10-3-4-10)9-2-1-5-13-6-9/h9-11,13H,1-8H2. The van der Waals surface area contributed by atoms with E-state index in [1.165, 1.54) is 25.7 Å². The molecule has 1 saturated carbocycles. The van der Waals surface area contributed by atoms with E-state index in [0.29, 0.717) is 18.6 Å². The maximum absolute atomic E-state index is 11.7. The van der Waals surface area contributed by atoms with Crippen molar-refractivity contribution < 1.29 is 9.53 Å². The summed E-state index contributed by atoms with van der Waals surface area (Å²) in [5, 5.41) is 3.42. The summed E-state index contributed by atoms with van der Waals surface area (Å²) in [5.41, 5.74) is 0. The van der Waals surface area contributed by atoms with E-state index in [9.17, 15) is 4.79 Å². The number of hydrogen-bond donors (Lipinski definition) is 1. The van der Waals surface area contributed by atoms with Gasteiger partial charge < -0.3 is 15.0 Å². The average Bonchev–Trinajstić information content (AvgIpc) is 3.15. The quantitative estimate of drug-likeness (QED) is 0.737. The third-order valence-electron chi connectivity index (χ3n) is 3.97. The van der Waals surface area contributed by atoms with E-state index in [1.807, 2.05) is 0 Å². The van der Waals surface area contributed by atoms with E-state index in [1.54, 1.807) is 0 Å². The lowest BCUT2D eigenvalue weighted by Crippen LogP contribution is -2.52. The Morgan fingerprint density at radius 2 is 2.19 bits per heavy atom. The SMILES string of the molecule is O=C1COC(C2CCCNC2)CN1C1CC1. The van der Waals surface area contributed by atoms with Gasteiger partial charge in [0.1, 0.15) is 6.61 Å². The third kappa shape index (κ3) is 2.09. The van der Waals surface area contributed by atoms with Crippen LogP contribution in [0, 0.1) is 5.92 Å². The molecule has 2 unspecified atom stereocenters. The number of carbonyl (C=O) groups is 1. The minimum atomic E-state index is 0.197. The molecule has 0 aromatic rings. The van der Waals surface area contributed by atoms with E-state index in [4.69, 9.17) is 4.74 Å². The van der Waals surface area contributed by atoms with Crippen molar-refractivity contribution in [3.05, 3.63) is 0 Å². The molecule has 90 valence electrons. The molecule has 0 bridgehead atoms. The Morgan fingerprint density at radius 1 is 1.31 bits per heavy atom. The third-order valence-corrected chi connectivity index (χ3v) is 3.97. The first-order valence-electron chi connectivity index (χ1n) is 6.46. The van der Waals surface area contributed by atoms with Gasteiger partial charge in [-0.2, -0.15) is 0 Å². The molecule has 16 heavy (non-hydrogen) atoms. The van der Waals surface area contributed by atoms with Crippen LogP contribution in [-0.4, -0.2) is 49.2 Å². The number of nitrogens with one attached hydrogen (secondary N) is 1. The fraction of sp³-hybridized carbons (Fsp3) is 0.917. The van der Waals surface area contributed by atoms with Gasteiger partial charge in [-0.1, -0.05) is 0 Å². The maximum Gasteiger partial charge on any atom is 0.248 e. The number of piperidine rings is 1. The molecule has 2 heterocycles. The topological polar surface area (TPSA) is 41.6 Å². The Balaban J connectivity index is 1.61. The second kappa shape index (κ2) is 4.34. The summed E-state index contributed by atoms with van der Waals surface area (Å²) in [6, 6.07) is 0.537. The van der Waals surface area contributed by atoms with E-state index in [0.717, 1.165) is 19.6 Å². The molecule has 1 amide bonds. The van der Waals surface area contributed by atoms with Crippen LogP contribution in [0.15, 0.2) is 0 Å². The van der Waals surface area contributed by atoms with Gasteiger partial charge in [-0.15, -0.1) is 0 Å². The largest absolute Gasteiger partial charge is 0.366 e. The zero-order valence-electron chi connectivity index (χ0n) is 9.65. The molecule has 1 aliphatic carbocycles. The average molecular weight is 224 g/mol. The second-order valence-corrected chi connectivity index (χ2v) is 5.23. The number of carbonyl (C=O) groups excluding carboxylic acids is 1. The second-order valence-electron chi connectivity index (χ2n) is 5.23. The fourth-order valence-electron chi connectivity index (χ4n) is 2.83. The first-order valence-corrected chi connectivity index (χ1v) is 6.46. The molecule has 0 spiro atoms. The minimum absolute atomic E-state index is 0.197. The van der Waals surface area contributed by atoms with Gasteiger partial charge in [-0.05, 0) is 38.1 Å². The molecule has 1 N–H and O–H groups in total. The number of amides is 1. The highest BCUT2D eigenvalue weighted by Gasteiger charge is 2.39. The number of rotatable bonds is 2. The van der Waals surface area contributed by atoms with Crippen LogP contribution in [0.25, 0.3) is 0 Å². The minimum Gasteiger partial charge on any atom is -0.366 e. The summed E-state index contributed by atoms with van der Waals surface area (Å²) in [6.07, 6.45) is 5.14. The van der Waals surface area contributed by atoms with Crippen LogP contribution in [0.5, 0.6) is 0 Å². The summed E-state index contributed by atoms with van der Waals surface area (Å²) in [5.74, 6) is 0.797. The van der Waals surface area contributed by atoms with Crippen LogP contribution in [0.4, 0.5) is 0 Å². The van der Waals surface area contributed by atoms with Crippen LogP contribution < -0.4 is 5.32 Å². The highest BCUT2D eigenvalue weighted by atomic mass is 16.5. The lowest BCUT2D eigenvalue weighted by molar-refractivity contribution is -0.153. The molecule has 0 aromatic carbocycles. The van der Waals surface area contributed by atoms with Crippen LogP contribution in [0.2, 0.25) is 0 Å². The lowest BCUT2D eigenvalue weighted by Gasteiger charge is -2.38. The van der Waals surface area contributed by atoms with E-state index in [2.05, 4.69) is 10.2 Å². The predicted molar refractivity (Wildman–Crippen MR) is 60.1 cm³/mol. The number of ether oxygens (including phenoxy) is 1. The van der Waals surface area contributed by atoms with Crippen LogP contribution in [0.1, 0.15) is 25.7 Å². The van der Waals surface area contributed by atoms with Gasteiger partial charge in [0.15, 0.2) is 0 Å². The van der Waals surface area contributed by atoms with Gasteiger partial charge in [0.2, 0.25) is 5.91 Å². The first kappa shape index (κ1) is 10.5. The monoisotopic (exact) mass is 224 g/mol. The van der Waals surface area contributed by atoms with Gasteiger partial charge in [0.05, 0.1) is 6.10 Å². The zero-order valence-corrected chi connectivity index (χ0v) is 9.65. The van der Waals surface area contributed by atoms with Crippen molar-refractivity contribution in [3.63, 3.8) is 0 Å². The normalized spacial score (nSPS) is 36.5. The maximum atomic E-state index is 11.7. The smallest absolute Gasteiger partial charge is 0.248 e. The molecule has 0 radical (unpaired) electrons. The highest BCUT2D eigenvalue weighted by molar-refractivity contribution is 5.78. The number of hydrogen-bond acceptors (Lipinski definition) is 3. The predicted octanol–water partition coefficient (Wildman–Crippen LogP) is 0.376. The van der Waals surface area contributed by atoms with Crippen LogP contribution >= 0.6 is 0 Å². The van der Waals surface area contributed by atoms with E-state index < -0.39 is 0 Å². The summed E-state index contributed by atoms with van der Waals surface area (Å²) in [4.78, 5) is 13.7. The van der Waals surface area contributed by atoms with Gasteiger partial charge in [-0.25, -0.2) is 0 Å². The molecule has 3 rings (SSSR count). The summed E-state index contributed by atoms with van der Waals surface area (Å²) >= 11 is 0. The van der Waals surface area contributed by atoms with Gasteiger partial charge in [0, 0.05) is 19.1 Å². The van der Waals surface area contributed by atoms with E-state index in [-0.39, 0.29) is 12.0 Å². The Hall–Kier alpha value is -0.610. The first-order chi connectivity index (χ1) is 7.84. The molecule has 3 fully saturated rings. The van der Waals surface area contributed by atoms with Gasteiger partial charge in [-0.3, -0.25) is 4.79 Å². The van der Waals surface area contributed by atoms with Crippen molar-refractivity contribution in [1.29, 1.82) is 0 Å². The Bertz CT molecular complexity index is 272. The van der Waals surface area contributed by atoms with Gasteiger partial charge in [0.25, 0.3) is 0 Å². The van der Waals surface area contributed by atoms with Crippen LogP contribution in [0.3, 0.4) is 0 Å². The Labute approximate surface area is 96.3 Å². The molecular formula is C12H20N2O2. The van der Waals surface area contributed by atoms with Crippen molar-refractivity contribution in [3.8, 4) is 0 Å². The zero-order chi connectivity index (χ0) is 11.0. The van der Waals surface area contributed by atoms with Crippen molar-refractivity contribution in [2.75, 3.05) is 26.2 Å². The highest BCUT2D eigenvalue weighted by Crippen LogP contribution is 2.31. The van der Waals surface area contributed by atoms with Crippen LogP contribution in [-0.2, 0) is 9.53 Å². The lowest BCUT2D eigenvalue weighted by atomic mass is 9.92. The van der Waals surface area contributed by atoms with Crippen molar-refractivity contribution in [1.82, 2.24) is 10.2 Å². The molecular weight excluding hydrogens is 204 g/mol. The Morgan fingerprint density at radius 3 is 2.88 bits per heavy atom. The number of nitrogens with zero attached hydrogens (tertiary/aromatic N) is 1. The van der Waals surface area contributed by atoms with Crippen molar-refractivity contribution in [2.45, 2.75) is 37.8 Å². The Kier molecular flexibility index (Phi) is 2.86. The summed E-state index contributed by atoms with van der Waals surface area (Å²) < 4.78 is 5.71. The van der Waals surface area contributed by atoms with Gasteiger partial charge >= 0.3 is 0 Å². The molecule has 2 atom stereocenters. The molecule has 4 heteroatoms. The summed E-state index contributed by atoms with van der Waals surface area (Å²) in [7, 11) is 0. The van der Waals surface area contributed by atoms with E-state index >= 15 is 0 Å². The van der Waals surface area contributed by atoms with Crippen molar-refractivity contribution >= 4 is 5.91 Å². The summed E-state index contributed by atoms with van der Waals surface area (Å²) in [6.45, 7) is 3.32. The molecule has 3 aliphatic rings.